The molecule has 0 saturated carbocycles. The molecule has 0 amide bonds. The zero-order valence-electron chi connectivity index (χ0n) is 16.1. The van der Waals surface area contributed by atoms with E-state index in [1.165, 1.54) is 5.56 Å². The minimum Gasteiger partial charge on any atom is -0.497 e. The Morgan fingerprint density at radius 2 is 1.96 bits per heavy atom. The molecular weight excluding hydrogens is 330 g/mol. The fourth-order valence-electron chi connectivity index (χ4n) is 2.81. The summed E-state index contributed by atoms with van der Waals surface area (Å²) in [5.74, 6) is 1.76. The van der Waals surface area contributed by atoms with E-state index in [2.05, 4.69) is 34.7 Å². The lowest BCUT2D eigenvalue weighted by atomic mass is 10.1. The number of rotatable bonds is 10. The van der Waals surface area contributed by atoms with E-state index in [-0.39, 0.29) is 0 Å². The third kappa shape index (κ3) is 8.06. The van der Waals surface area contributed by atoms with Crippen molar-refractivity contribution in [1.29, 1.82) is 0 Å². The van der Waals surface area contributed by atoms with Gasteiger partial charge >= 0.3 is 0 Å². The standard InChI is InChI=1S/C20H33N3O3/c1-3-21-20(22-12-4-14-26-19-10-15-25-16-11-19)23-13-9-17-5-7-18(24-2)8-6-17/h5-8,19H,3-4,9-16H2,1-2H3,(H2,21,22,23). The Hall–Kier alpha value is -1.79. The molecule has 6 nitrogen and oxygen atoms in total. The van der Waals surface area contributed by atoms with Crippen LogP contribution in [0, 0.1) is 0 Å². The van der Waals surface area contributed by atoms with Gasteiger partial charge in [-0.05, 0) is 50.3 Å². The lowest BCUT2D eigenvalue weighted by Gasteiger charge is -2.22. The van der Waals surface area contributed by atoms with E-state index in [0.29, 0.717) is 6.10 Å². The van der Waals surface area contributed by atoms with Gasteiger partial charge < -0.3 is 24.8 Å². The summed E-state index contributed by atoms with van der Waals surface area (Å²) in [5, 5.41) is 6.68. The zero-order chi connectivity index (χ0) is 18.5. The molecular formula is C20H33N3O3. The molecule has 146 valence electrons. The van der Waals surface area contributed by atoms with Gasteiger partial charge in [-0.1, -0.05) is 12.1 Å². The first-order chi connectivity index (χ1) is 12.8. The maximum absolute atomic E-state index is 5.88. The van der Waals surface area contributed by atoms with Crippen molar-refractivity contribution in [2.24, 2.45) is 4.99 Å². The van der Waals surface area contributed by atoms with E-state index < -0.39 is 0 Å². The van der Waals surface area contributed by atoms with Gasteiger partial charge in [-0.3, -0.25) is 4.99 Å². The molecule has 1 aromatic rings. The average Bonchev–Trinajstić information content (AvgIpc) is 2.69. The van der Waals surface area contributed by atoms with Crippen LogP contribution in [-0.4, -0.2) is 58.6 Å². The molecule has 0 unspecified atom stereocenters. The summed E-state index contributed by atoms with van der Waals surface area (Å²) in [6.07, 6.45) is 4.27. The Balaban J connectivity index is 1.63. The predicted molar refractivity (Wildman–Crippen MR) is 105 cm³/mol. The molecule has 1 aromatic carbocycles. The van der Waals surface area contributed by atoms with Crippen molar-refractivity contribution >= 4 is 5.96 Å². The van der Waals surface area contributed by atoms with Crippen LogP contribution in [0.2, 0.25) is 0 Å². The molecule has 1 saturated heterocycles. The molecule has 0 aliphatic carbocycles. The summed E-state index contributed by atoms with van der Waals surface area (Å²) in [4.78, 5) is 4.62. The van der Waals surface area contributed by atoms with Gasteiger partial charge in [-0.15, -0.1) is 0 Å². The van der Waals surface area contributed by atoms with Gasteiger partial charge in [0.1, 0.15) is 5.75 Å². The average molecular weight is 364 g/mol. The first kappa shape index (κ1) is 20.5. The molecule has 2 rings (SSSR count). The molecule has 1 fully saturated rings. The van der Waals surface area contributed by atoms with Gasteiger partial charge in [0.05, 0.1) is 13.2 Å². The number of nitrogens with zero attached hydrogens (tertiary/aromatic N) is 1. The predicted octanol–water partition coefficient (Wildman–Crippen LogP) is 2.38. The molecule has 1 aliphatic heterocycles. The molecule has 0 atom stereocenters. The first-order valence-electron chi connectivity index (χ1n) is 9.66. The second-order valence-corrected chi connectivity index (χ2v) is 6.32. The first-order valence-corrected chi connectivity index (χ1v) is 9.66. The van der Waals surface area contributed by atoms with Gasteiger partial charge in [0.25, 0.3) is 0 Å². The molecule has 1 aliphatic rings. The number of benzene rings is 1. The lowest BCUT2D eigenvalue weighted by Crippen LogP contribution is -2.38. The molecule has 2 N–H and O–H groups in total. The van der Waals surface area contributed by atoms with Crippen LogP contribution in [0.5, 0.6) is 5.75 Å². The highest BCUT2D eigenvalue weighted by atomic mass is 16.5. The fraction of sp³-hybridized carbons (Fsp3) is 0.650. The molecule has 1 heterocycles. The van der Waals surface area contributed by atoms with Gasteiger partial charge in [-0.2, -0.15) is 0 Å². The maximum atomic E-state index is 5.88. The SMILES string of the molecule is CCNC(=NCCCOC1CCOCC1)NCCc1ccc(OC)cc1. The number of guanidine groups is 1. The highest BCUT2D eigenvalue weighted by molar-refractivity contribution is 5.79. The monoisotopic (exact) mass is 363 g/mol. The molecule has 26 heavy (non-hydrogen) atoms. The second kappa shape index (κ2) is 12.5. The Kier molecular flexibility index (Phi) is 9.90. The molecule has 0 radical (unpaired) electrons. The lowest BCUT2D eigenvalue weighted by molar-refractivity contribution is -0.0318. The van der Waals surface area contributed by atoms with Crippen molar-refractivity contribution in [2.75, 3.05) is 46.6 Å². The topological polar surface area (TPSA) is 64.1 Å². The van der Waals surface area contributed by atoms with E-state index in [0.717, 1.165) is 76.8 Å². The van der Waals surface area contributed by atoms with Crippen molar-refractivity contribution in [3.05, 3.63) is 29.8 Å². The number of ether oxygens (including phenoxy) is 3. The highest BCUT2D eigenvalue weighted by Gasteiger charge is 2.13. The summed E-state index contributed by atoms with van der Waals surface area (Å²) in [6, 6.07) is 8.18. The van der Waals surface area contributed by atoms with Crippen molar-refractivity contribution in [3.8, 4) is 5.75 Å². The molecule has 6 heteroatoms. The number of methoxy groups -OCH3 is 1. The van der Waals surface area contributed by atoms with Crippen LogP contribution in [0.1, 0.15) is 31.7 Å². The minimum absolute atomic E-state index is 0.364. The smallest absolute Gasteiger partial charge is 0.191 e. The second-order valence-electron chi connectivity index (χ2n) is 6.32. The van der Waals surface area contributed by atoms with Gasteiger partial charge in [0.2, 0.25) is 0 Å². The molecule has 0 aromatic heterocycles. The Bertz CT molecular complexity index is 514. The number of hydrogen-bond acceptors (Lipinski definition) is 4. The van der Waals surface area contributed by atoms with Gasteiger partial charge in [-0.25, -0.2) is 0 Å². The third-order valence-electron chi connectivity index (χ3n) is 4.30. The van der Waals surface area contributed by atoms with Crippen LogP contribution in [0.25, 0.3) is 0 Å². The summed E-state index contributed by atoms with van der Waals surface area (Å²) < 4.78 is 16.4. The fourth-order valence-corrected chi connectivity index (χ4v) is 2.81. The van der Waals surface area contributed by atoms with Crippen LogP contribution in [0.4, 0.5) is 0 Å². The number of nitrogens with one attached hydrogen (secondary N) is 2. The zero-order valence-corrected chi connectivity index (χ0v) is 16.1. The quantitative estimate of drug-likeness (QED) is 0.380. The van der Waals surface area contributed by atoms with Gasteiger partial charge in [0.15, 0.2) is 5.96 Å². The normalized spacial score (nSPS) is 15.7. The van der Waals surface area contributed by atoms with Crippen LogP contribution in [0.3, 0.4) is 0 Å². The van der Waals surface area contributed by atoms with E-state index in [4.69, 9.17) is 14.2 Å². The summed E-state index contributed by atoms with van der Waals surface area (Å²) in [6.45, 7) is 6.95. The van der Waals surface area contributed by atoms with E-state index >= 15 is 0 Å². The third-order valence-corrected chi connectivity index (χ3v) is 4.30. The van der Waals surface area contributed by atoms with Crippen LogP contribution in [0.15, 0.2) is 29.3 Å². The van der Waals surface area contributed by atoms with Gasteiger partial charge in [0, 0.05) is 39.5 Å². The number of hydrogen-bond donors (Lipinski definition) is 2. The van der Waals surface area contributed by atoms with E-state index in [1.54, 1.807) is 7.11 Å². The van der Waals surface area contributed by atoms with Crippen molar-refractivity contribution < 1.29 is 14.2 Å². The maximum Gasteiger partial charge on any atom is 0.191 e. The minimum atomic E-state index is 0.364. The highest BCUT2D eigenvalue weighted by Crippen LogP contribution is 2.11. The van der Waals surface area contributed by atoms with E-state index in [9.17, 15) is 0 Å². The van der Waals surface area contributed by atoms with Crippen LogP contribution in [-0.2, 0) is 15.9 Å². The summed E-state index contributed by atoms with van der Waals surface area (Å²) in [7, 11) is 1.68. The van der Waals surface area contributed by atoms with Crippen molar-refractivity contribution in [2.45, 2.75) is 38.7 Å². The van der Waals surface area contributed by atoms with Crippen molar-refractivity contribution in [3.63, 3.8) is 0 Å². The largest absolute Gasteiger partial charge is 0.497 e. The summed E-state index contributed by atoms with van der Waals surface area (Å²) in [5.41, 5.74) is 1.28. The number of aliphatic imine (C=N–C) groups is 1. The molecule has 0 spiro atoms. The summed E-state index contributed by atoms with van der Waals surface area (Å²) >= 11 is 0. The van der Waals surface area contributed by atoms with E-state index in [1.807, 2.05) is 12.1 Å². The van der Waals surface area contributed by atoms with Crippen molar-refractivity contribution in [1.82, 2.24) is 10.6 Å². The Labute approximate surface area is 157 Å². The molecule has 0 bridgehead atoms. The Morgan fingerprint density at radius 1 is 1.19 bits per heavy atom. The Morgan fingerprint density at radius 3 is 2.65 bits per heavy atom. The van der Waals surface area contributed by atoms with Crippen LogP contribution >= 0.6 is 0 Å². The van der Waals surface area contributed by atoms with Crippen LogP contribution < -0.4 is 15.4 Å².